The average molecular weight is 423 g/mol. The van der Waals surface area contributed by atoms with Crippen molar-refractivity contribution >= 4 is 44.5 Å². The lowest BCUT2D eigenvalue weighted by atomic mass is 10.0. The zero-order chi connectivity index (χ0) is 13.2. The molecule has 0 amide bonds. The molecule has 17 heavy (non-hydrogen) atoms. The second-order valence-electron chi connectivity index (χ2n) is 3.10. The molecule has 0 heterocycles. The Morgan fingerprint density at radius 1 is 1.47 bits per heavy atom. The normalized spacial score (nSPS) is 11.4. The maximum atomic E-state index is 12.8. The standard InChI is InChI=1S/C10H7BrF3IO2/c1-17-9(16)6-2-5(15)3-8(7(6)4-11)10(12,13)14/h2-3H,4H2,1H3. The summed E-state index contributed by atoms with van der Waals surface area (Å²) in [5.41, 5.74) is -0.991. The van der Waals surface area contributed by atoms with Crippen molar-refractivity contribution in [2.75, 3.05) is 7.11 Å². The van der Waals surface area contributed by atoms with Crippen LogP contribution < -0.4 is 0 Å². The highest BCUT2D eigenvalue weighted by Gasteiger charge is 2.35. The molecule has 0 aliphatic rings. The third-order valence-corrected chi connectivity index (χ3v) is 3.24. The minimum Gasteiger partial charge on any atom is -0.465 e. The molecule has 0 aliphatic carbocycles. The summed E-state index contributed by atoms with van der Waals surface area (Å²) in [6.07, 6.45) is -4.49. The van der Waals surface area contributed by atoms with Crippen LogP contribution in [-0.2, 0) is 16.2 Å². The second kappa shape index (κ2) is 5.55. The van der Waals surface area contributed by atoms with E-state index in [1.165, 1.54) is 6.07 Å². The average Bonchev–Trinajstić information content (AvgIpc) is 2.25. The number of hydrogen-bond acceptors (Lipinski definition) is 2. The third kappa shape index (κ3) is 3.34. The zero-order valence-electron chi connectivity index (χ0n) is 8.57. The number of alkyl halides is 4. The molecule has 1 rings (SSSR count). The van der Waals surface area contributed by atoms with Gasteiger partial charge in [0.05, 0.1) is 18.2 Å². The molecule has 0 unspecified atom stereocenters. The van der Waals surface area contributed by atoms with E-state index in [1.807, 2.05) is 0 Å². The fourth-order valence-electron chi connectivity index (χ4n) is 1.33. The molecule has 0 saturated carbocycles. The molecule has 0 spiro atoms. The maximum Gasteiger partial charge on any atom is 0.416 e. The first-order valence-electron chi connectivity index (χ1n) is 4.35. The number of halogens is 5. The van der Waals surface area contributed by atoms with Crippen LogP contribution in [0.25, 0.3) is 0 Å². The van der Waals surface area contributed by atoms with Crippen LogP contribution in [0, 0.1) is 3.57 Å². The van der Waals surface area contributed by atoms with Crippen LogP contribution in [0.4, 0.5) is 13.2 Å². The van der Waals surface area contributed by atoms with Gasteiger partial charge in [-0.3, -0.25) is 0 Å². The Hall–Kier alpha value is -0.310. The molecular formula is C10H7BrF3IO2. The fraction of sp³-hybridized carbons (Fsp3) is 0.300. The van der Waals surface area contributed by atoms with Crippen molar-refractivity contribution in [1.29, 1.82) is 0 Å². The van der Waals surface area contributed by atoms with Gasteiger partial charge < -0.3 is 4.74 Å². The highest BCUT2D eigenvalue weighted by atomic mass is 127. The lowest BCUT2D eigenvalue weighted by molar-refractivity contribution is -0.138. The van der Waals surface area contributed by atoms with Crippen LogP contribution in [0.2, 0.25) is 0 Å². The monoisotopic (exact) mass is 422 g/mol. The summed E-state index contributed by atoms with van der Waals surface area (Å²) in [6, 6.07) is 2.38. The topological polar surface area (TPSA) is 26.3 Å². The lowest BCUT2D eigenvalue weighted by Crippen LogP contribution is -2.14. The van der Waals surface area contributed by atoms with Crippen molar-refractivity contribution in [3.05, 3.63) is 32.4 Å². The van der Waals surface area contributed by atoms with Gasteiger partial charge in [0, 0.05) is 8.90 Å². The summed E-state index contributed by atoms with van der Waals surface area (Å²) in [5.74, 6) is -0.775. The van der Waals surface area contributed by atoms with E-state index in [0.29, 0.717) is 3.57 Å². The molecule has 94 valence electrons. The van der Waals surface area contributed by atoms with Crippen LogP contribution >= 0.6 is 38.5 Å². The fourth-order valence-corrected chi connectivity index (χ4v) is 2.55. The molecule has 0 aromatic heterocycles. The van der Waals surface area contributed by atoms with Gasteiger partial charge in [-0.1, -0.05) is 15.9 Å². The van der Waals surface area contributed by atoms with E-state index in [1.54, 1.807) is 22.6 Å². The van der Waals surface area contributed by atoms with Gasteiger partial charge in [-0.25, -0.2) is 4.79 Å². The predicted octanol–water partition coefficient (Wildman–Crippen LogP) is 3.99. The quantitative estimate of drug-likeness (QED) is 0.409. The highest BCUT2D eigenvalue weighted by Crippen LogP contribution is 2.36. The molecule has 0 aliphatic heterocycles. The van der Waals surface area contributed by atoms with Gasteiger partial charge in [-0.2, -0.15) is 13.2 Å². The summed E-state index contributed by atoms with van der Waals surface area (Å²) in [5, 5.41) is -0.0663. The van der Waals surface area contributed by atoms with Crippen molar-refractivity contribution in [2.24, 2.45) is 0 Å². The molecule has 2 nitrogen and oxygen atoms in total. The second-order valence-corrected chi connectivity index (χ2v) is 4.91. The first-order chi connectivity index (χ1) is 7.81. The summed E-state index contributed by atoms with van der Waals surface area (Å²) >= 11 is 4.69. The molecule has 7 heteroatoms. The van der Waals surface area contributed by atoms with Gasteiger partial charge >= 0.3 is 12.1 Å². The van der Waals surface area contributed by atoms with Crippen LogP contribution in [0.1, 0.15) is 21.5 Å². The Labute approximate surface area is 118 Å². The van der Waals surface area contributed by atoms with Crippen molar-refractivity contribution < 1.29 is 22.7 Å². The number of carbonyl (C=O) groups excluding carboxylic acids is 1. The lowest BCUT2D eigenvalue weighted by Gasteiger charge is -2.15. The molecule has 0 fully saturated rings. The maximum absolute atomic E-state index is 12.8. The summed E-state index contributed by atoms with van der Waals surface area (Å²) < 4.78 is 43.2. The van der Waals surface area contributed by atoms with E-state index in [2.05, 4.69) is 20.7 Å². The van der Waals surface area contributed by atoms with Crippen LogP contribution in [0.5, 0.6) is 0 Å². The number of methoxy groups -OCH3 is 1. The van der Waals surface area contributed by atoms with Gasteiger partial charge in [0.15, 0.2) is 0 Å². The molecule has 1 aromatic carbocycles. The van der Waals surface area contributed by atoms with Crippen molar-refractivity contribution in [3.63, 3.8) is 0 Å². The summed E-state index contributed by atoms with van der Waals surface area (Å²) in [7, 11) is 1.13. The molecule has 0 atom stereocenters. The predicted molar refractivity (Wildman–Crippen MR) is 68.1 cm³/mol. The van der Waals surface area contributed by atoms with Gasteiger partial charge in [0.1, 0.15) is 0 Å². The Morgan fingerprint density at radius 2 is 2.06 bits per heavy atom. The van der Waals surface area contributed by atoms with E-state index in [4.69, 9.17) is 0 Å². The van der Waals surface area contributed by atoms with Crippen LogP contribution in [0.15, 0.2) is 12.1 Å². The van der Waals surface area contributed by atoms with E-state index in [-0.39, 0.29) is 16.5 Å². The largest absolute Gasteiger partial charge is 0.465 e. The molecule has 1 aromatic rings. The van der Waals surface area contributed by atoms with Gasteiger partial charge in [0.25, 0.3) is 0 Å². The van der Waals surface area contributed by atoms with Crippen molar-refractivity contribution in [1.82, 2.24) is 0 Å². The minimum absolute atomic E-state index is 0.0661. The van der Waals surface area contributed by atoms with Crippen molar-refractivity contribution in [2.45, 2.75) is 11.5 Å². The number of hydrogen-bond donors (Lipinski definition) is 0. The van der Waals surface area contributed by atoms with Crippen molar-refractivity contribution in [3.8, 4) is 0 Å². The molecule has 0 saturated heterocycles. The van der Waals surface area contributed by atoms with Gasteiger partial charge in [-0.05, 0) is 40.3 Å². The number of ether oxygens (including phenoxy) is 1. The highest BCUT2D eigenvalue weighted by molar-refractivity contribution is 14.1. The Balaban J connectivity index is 3.52. The Bertz CT molecular complexity index is 446. The third-order valence-electron chi connectivity index (χ3n) is 2.06. The van der Waals surface area contributed by atoms with E-state index in [0.717, 1.165) is 13.2 Å². The number of benzene rings is 1. The van der Waals surface area contributed by atoms with E-state index < -0.39 is 17.7 Å². The minimum atomic E-state index is -4.49. The zero-order valence-corrected chi connectivity index (χ0v) is 12.3. The first-order valence-corrected chi connectivity index (χ1v) is 6.55. The Morgan fingerprint density at radius 3 is 2.47 bits per heavy atom. The van der Waals surface area contributed by atoms with E-state index in [9.17, 15) is 18.0 Å². The van der Waals surface area contributed by atoms with Crippen LogP contribution in [-0.4, -0.2) is 13.1 Å². The first kappa shape index (κ1) is 14.7. The molecule has 0 N–H and O–H groups in total. The summed E-state index contributed by atoms with van der Waals surface area (Å²) in [6.45, 7) is 0. The van der Waals surface area contributed by atoms with Gasteiger partial charge in [0.2, 0.25) is 0 Å². The van der Waals surface area contributed by atoms with Gasteiger partial charge in [-0.15, -0.1) is 0 Å². The van der Waals surface area contributed by atoms with E-state index >= 15 is 0 Å². The van der Waals surface area contributed by atoms with Crippen LogP contribution in [0.3, 0.4) is 0 Å². The molecule has 0 bridgehead atoms. The molecule has 0 radical (unpaired) electrons. The SMILES string of the molecule is COC(=O)c1cc(I)cc(C(F)(F)F)c1CBr. The number of rotatable bonds is 2. The smallest absolute Gasteiger partial charge is 0.416 e. The number of esters is 1. The molecular weight excluding hydrogens is 416 g/mol. The number of carbonyl (C=O) groups is 1. The summed E-state index contributed by atoms with van der Waals surface area (Å²) in [4.78, 5) is 11.4. The Kier molecular flexibility index (Phi) is 4.82.